The molecule has 1 fully saturated rings. The lowest BCUT2D eigenvalue weighted by Crippen LogP contribution is -3.16. The zero-order valence-corrected chi connectivity index (χ0v) is 17.4. The number of ether oxygens (including phenoxy) is 1. The van der Waals surface area contributed by atoms with E-state index in [0.717, 1.165) is 49.4 Å². The summed E-state index contributed by atoms with van der Waals surface area (Å²) in [6.45, 7) is 7.28. The highest BCUT2D eigenvalue weighted by molar-refractivity contribution is 7.10. The summed E-state index contributed by atoms with van der Waals surface area (Å²) in [4.78, 5) is 15.0. The first-order valence-corrected chi connectivity index (χ1v) is 10.9. The van der Waals surface area contributed by atoms with Crippen molar-refractivity contribution < 1.29 is 19.4 Å². The van der Waals surface area contributed by atoms with Crippen molar-refractivity contribution in [3.63, 3.8) is 0 Å². The second kappa shape index (κ2) is 8.76. The van der Waals surface area contributed by atoms with E-state index in [1.54, 1.807) is 11.0 Å². The van der Waals surface area contributed by atoms with Crippen molar-refractivity contribution in [2.45, 2.75) is 19.5 Å². The summed E-state index contributed by atoms with van der Waals surface area (Å²) in [5, 5.41) is 6.03. The van der Waals surface area contributed by atoms with Gasteiger partial charge in [0, 0.05) is 22.0 Å². The van der Waals surface area contributed by atoms with E-state index in [2.05, 4.69) is 22.8 Å². The third-order valence-corrected chi connectivity index (χ3v) is 6.78. The van der Waals surface area contributed by atoms with Crippen molar-refractivity contribution in [3.8, 4) is 0 Å². The third-order valence-electron chi connectivity index (χ3n) is 5.39. The van der Waals surface area contributed by atoms with Gasteiger partial charge in [-0.1, -0.05) is 17.7 Å². The number of hydrogen-bond donors (Lipinski definition) is 2. The van der Waals surface area contributed by atoms with Gasteiger partial charge >= 0.3 is 5.63 Å². The summed E-state index contributed by atoms with van der Waals surface area (Å²) in [7, 11) is 0. The van der Waals surface area contributed by atoms with E-state index in [4.69, 9.17) is 20.8 Å². The van der Waals surface area contributed by atoms with E-state index in [1.165, 1.54) is 4.88 Å². The van der Waals surface area contributed by atoms with Crippen LogP contribution in [0.25, 0.3) is 11.0 Å². The van der Waals surface area contributed by atoms with Crippen molar-refractivity contribution in [1.82, 2.24) is 0 Å². The fraction of sp³-hybridized carbons (Fsp3) is 0.381. The molecule has 7 heteroatoms. The molecule has 0 amide bonds. The third kappa shape index (κ3) is 4.31. The molecule has 1 saturated heterocycles. The number of quaternary nitrogens is 2. The maximum Gasteiger partial charge on any atom is 0.336 e. The number of fused-ring (bicyclic) bond motifs is 1. The number of benzene rings is 1. The van der Waals surface area contributed by atoms with Crippen molar-refractivity contribution in [1.29, 1.82) is 0 Å². The summed E-state index contributed by atoms with van der Waals surface area (Å²) >= 11 is 8.12. The Hall–Kier alpha value is -1.70. The molecule has 0 aliphatic carbocycles. The number of nitrogens with one attached hydrogen (secondary N) is 1. The molecule has 3 N–H and O–H groups in total. The Morgan fingerprint density at radius 2 is 2.11 bits per heavy atom. The van der Waals surface area contributed by atoms with Crippen LogP contribution in [0.4, 0.5) is 0 Å². The molecular weight excluding hydrogens is 396 g/mol. The minimum Gasteiger partial charge on any atom is -0.423 e. The molecule has 1 aliphatic heterocycles. The zero-order valence-electron chi connectivity index (χ0n) is 15.9. The average molecular weight is 421 g/mol. The van der Waals surface area contributed by atoms with Crippen molar-refractivity contribution >= 4 is 33.9 Å². The smallest absolute Gasteiger partial charge is 0.336 e. The van der Waals surface area contributed by atoms with Gasteiger partial charge in [-0.25, -0.2) is 4.79 Å². The van der Waals surface area contributed by atoms with Gasteiger partial charge in [-0.05, 0) is 36.1 Å². The molecule has 3 heterocycles. The molecule has 0 radical (unpaired) electrons. The summed E-state index contributed by atoms with van der Waals surface area (Å²) in [5.74, 6) is 0. The fourth-order valence-electron chi connectivity index (χ4n) is 3.88. The SMILES string of the molecule is Cc1cc2oc(=O)cc(C[NH2+]C[C@H](c3cccs3)[NH+]3CCOCC3)c2cc1Cl. The maximum absolute atomic E-state index is 12.0. The molecule has 1 atom stereocenters. The number of morpholine rings is 1. The first-order valence-electron chi connectivity index (χ1n) is 9.62. The van der Waals surface area contributed by atoms with Crippen molar-refractivity contribution in [2.24, 2.45) is 0 Å². The first-order chi connectivity index (χ1) is 13.6. The average Bonchev–Trinajstić information content (AvgIpc) is 3.21. The van der Waals surface area contributed by atoms with Crippen molar-refractivity contribution in [3.05, 3.63) is 67.2 Å². The van der Waals surface area contributed by atoms with E-state index < -0.39 is 0 Å². The molecular formula is C21H25ClN2O3S+2. The fourth-order valence-corrected chi connectivity index (χ4v) is 4.94. The van der Waals surface area contributed by atoms with Gasteiger partial charge in [-0.3, -0.25) is 0 Å². The molecule has 1 aromatic carbocycles. The summed E-state index contributed by atoms with van der Waals surface area (Å²) < 4.78 is 10.9. The van der Waals surface area contributed by atoms with E-state index in [-0.39, 0.29) is 5.63 Å². The second-order valence-corrected chi connectivity index (χ2v) is 8.64. The van der Waals surface area contributed by atoms with Crippen LogP contribution < -0.4 is 15.8 Å². The monoisotopic (exact) mass is 420 g/mol. The van der Waals surface area contributed by atoms with E-state index >= 15 is 0 Å². The Morgan fingerprint density at radius 1 is 1.29 bits per heavy atom. The molecule has 5 nitrogen and oxygen atoms in total. The second-order valence-electron chi connectivity index (χ2n) is 7.26. The Morgan fingerprint density at radius 3 is 2.86 bits per heavy atom. The Balaban J connectivity index is 1.53. The molecule has 2 aromatic heterocycles. The van der Waals surface area contributed by atoms with Gasteiger partial charge in [0.15, 0.2) is 6.04 Å². The van der Waals surface area contributed by atoms with Crippen LogP contribution in [0.1, 0.15) is 22.0 Å². The predicted octanol–water partition coefficient (Wildman–Crippen LogP) is 1.54. The van der Waals surface area contributed by atoms with Crippen LogP contribution in [0, 0.1) is 6.92 Å². The van der Waals surface area contributed by atoms with Gasteiger partial charge in [0.25, 0.3) is 0 Å². The molecule has 28 heavy (non-hydrogen) atoms. The minimum absolute atomic E-state index is 0.314. The molecule has 0 unspecified atom stereocenters. The molecule has 0 bridgehead atoms. The van der Waals surface area contributed by atoms with Gasteiger partial charge in [0.05, 0.1) is 18.1 Å². The van der Waals surface area contributed by atoms with Crippen molar-refractivity contribution in [2.75, 3.05) is 32.8 Å². The number of nitrogens with two attached hydrogens (primary N) is 1. The number of aryl methyl sites for hydroxylation is 1. The lowest BCUT2D eigenvalue weighted by molar-refractivity contribution is -0.952. The Kier molecular flexibility index (Phi) is 6.13. The number of rotatable bonds is 6. The largest absolute Gasteiger partial charge is 0.423 e. The zero-order chi connectivity index (χ0) is 19.5. The normalized spacial score (nSPS) is 16.5. The quantitative estimate of drug-likeness (QED) is 0.595. The van der Waals surface area contributed by atoms with Crippen LogP contribution in [0.5, 0.6) is 0 Å². The van der Waals surface area contributed by atoms with Crippen LogP contribution in [-0.4, -0.2) is 32.8 Å². The van der Waals surface area contributed by atoms with Crippen LogP contribution in [-0.2, 0) is 11.3 Å². The van der Waals surface area contributed by atoms with Crippen LogP contribution in [0.15, 0.2) is 44.9 Å². The summed E-state index contributed by atoms with van der Waals surface area (Å²) in [5.41, 5.74) is 2.17. The molecule has 0 saturated carbocycles. The molecule has 148 valence electrons. The van der Waals surface area contributed by atoms with Gasteiger partial charge in [0.2, 0.25) is 0 Å². The predicted molar refractivity (Wildman–Crippen MR) is 111 cm³/mol. The van der Waals surface area contributed by atoms with Gasteiger partial charge in [-0.15, -0.1) is 11.3 Å². The number of thiophene rings is 1. The standard InChI is InChI=1S/C21H23ClN2O3S/c1-14-9-19-16(11-17(14)22)15(10-21(25)27-19)12-23-13-18(20-3-2-8-28-20)24-4-6-26-7-5-24/h2-3,8-11,18,23H,4-7,12-13H2,1H3/p+2/t18-/m1/s1. The highest BCUT2D eigenvalue weighted by Gasteiger charge is 2.28. The summed E-state index contributed by atoms with van der Waals surface area (Å²) in [6.07, 6.45) is 0. The molecule has 1 aliphatic rings. The van der Waals surface area contributed by atoms with Crippen LogP contribution >= 0.6 is 22.9 Å². The lowest BCUT2D eigenvalue weighted by Gasteiger charge is -2.30. The Bertz CT molecular complexity index is 997. The van der Waals surface area contributed by atoms with E-state index in [0.29, 0.717) is 23.2 Å². The molecule has 4 rings (SSSR count). The Labute approximate surface area is 172 Å². The van der Waals surface area contributed by atoms with Gasteiger partial charge in [0.1, 0.15) is 31.8 Å². The van der Waals surface area contributed by atoms with Crippen LogP contribution in [0.2, 0.25) is 5.02 Å². The highest BCUT2D eigenvalue weighted by atomic mass is 35.5. The topological polar surface area (TPSA) is 60.5 Å². The summed E-state index contributed by atoms with van der Waals surface area (Å²) in [6, 6.07) is 10.1. The molecule has 3 aromatic rings. The minimum atomic E-state index is -0.314. The van der Waals surface area contributed by atoms with E-state index in [1.807, 2.05) is 30.4 Å². The molecule has 0 spiro atoms. The number of hydrogen-bond acceptors (Lipinski definition) is 4. The van der Waals surface area contributed by atoms with Gasteiger partial charge in [-0.2, -0.15) is 0 Å². The first kappa shape index (κ1) is 19.6. The lowest BCUT2D eigenvalue weighted by atomic mass is 10.1. The van der Waals surface area contributed by atoms with Crippen LogP contribution in [0.3, 0.4) is 0 Å². The highest BCUT2D eigenvalue weighted by Crippen LogP contribution is 2.24. The number of halogens is 1. The van der Waals surface area contributed by atoms with Gasteiger partial charge < -0.3 is 19.4 Å². The van der Waals surface area contributed by atoms with E-state index in [9.17, 15) is 4.79 Å². The maximum atomic E-state index is 12.0.